The fourth-order valence-electron chi connectivity index (χ4n) is 3.92. The third kappa shape index (κ3) is 5.42. The smallest absolute Gasteiger partial charge is 0.317 e. The number of nitrogens with one attached hydrogen (secondary N) is 1. The second-order valence-corrected chi connectivity index (χ2v) is 8.81. The Bertz CT molecular complexity index is 821. The zero-order valence-electron chi connectivity index (χ0n) is 18.1. The number of benzene rings is 1. The van der Waals surface area contributed by atoms with E-state index in [2.05, 4.69) is 42.7 Å². The minimum atomic E-state index is -0.130. The number of rotatable bonds is 9. The number of thiophene rings is 1. The fourth-order valence-corrected chi connectivity index (χ4v) is 4.82. The van der Waals surface area contributed by atoms with E-state index in [4.69, 9.17) is 0 Å². The maximum absolute atomic E-state index is 13.4. The summed E-state index contributed by atoms with van der Waals surface area (Å²) in [6.07, 6.45) is 4.74. The summed E-state index contributed by atoms with van der Waals surface area (Å²) in [7, 11) is 0. The summed E-state index contributed by atoms with van der Waals surface area (Å²) in [6.45, 7) is 6.27. The van der Waals surface area contributed by atoms with Crippen molar-refractivity contribution in [3.63, 3.8) is 0 Å². The van der Waals surface area contributed by atoms with Crippen LogP contribution in [0.4, 0.5) is 4.79 Å². The van der Waals surface area contributed by atoms with E-state index in [1.807, 2.05) is 23.1 Å². The predicted molar refractivity (Wildman–Crippen MR) is 123 cm³/mol. The standard InChI is InChI=1S/C24H33N3O2S/c1-3-5-14-25-24(29)26(15-6-4-2)18-22(28)27-16-12-21-20(13-17-30-21)23(27)19-10-8-7-9-11-19/h7-11,13,17,23H,3-6,12,14-16,18H2,1-2H3,(H,25,29)/t23-/m0/s1. The molecule has 0 bridgehead atoms. The summed E-state index contributed by atoms with van der Waals surface area (Å²) >= 11 is 1.77. The van der Waals surface area contributed by atoms with Crippen molar-refractivity contribution in [2.24, 2.45) is 0 Å². The van der Waals surface area contributed by atoms with Crippen LogP contribution in [0.5, 0.6) is 0 Å². The predicted octanol–water partition coefficient (Wildman–Crippen LogP) is 4.83. The van der Waals surface area contributed by atoms with Gasteiger partial charge in [-0.2, -0.15) is 0 Å². The normalized spacial score (nSPS) is 15.5. The molecule has 0 spiro atoms. The summed E-state index contributed by atoms with van der Waals surface area (Å²) in [5.41, 5.74) is 2.34. The molecule has 1 aliphatic heterocycles. The van der Waals surface area contributed by atoms with Gasteiger partial charge in [-0.15, -0.1) is 11.3 Å². The number of hydrogen-bond acceptors (Lipinski definition) is 3. The molecule has 1 atom stereocenters. The van der Waals surface area contributed by atoms with Gasteiger partial charge in [-0.1, -0.05) is 57.0 Å². The SMILES string of the molecule is CCCCNC(=O)N(CCCC)CC(=O)N1CCc2sccc2[C@@H]1c1ccccc1. The van der Waals surface area contributed by atoms with Gasteiger partial charge in [0, 0.05) is 24.5 Å². The van der Waals surface area contributed by atoms with Gasteiger partial charge in [-0.3, -0.25) is 4.79 Å². The molecular weight excluding hydrogens is 394 g/mol. The lowest BCUT2D eigenvalue weighted by atomic mass is 9.93. The Kier molecular flexibility index (Phi) is 8.31. The number of urea groups is 1. The highest BCUT2D eigenvalue weighted by molar-refractivity contribution is 7.10. The molecule has 1 aromatic carbocycles. The Morgan fingerprint density at radius 2 is 1.90 bits per heavy atom. The van der Waals surface area contributed by atoms with Crippen molar-refractivity contribution in [1.29, 1.82) is 0 Å². The van der Waals surface area contributed by atoms with Crippen molar-refractivity contribution < 1.29 is 9.59 Å². The highest BCUT2D eigenvalue weighted by atomic mass is 32.1. The van der Waals surface area contributed by atoms with Gasteiger partial charge in [0.25, 0.3) is 0 Å². The van der Waals surface area contributed by atoms with Crippen molar-refractivity contribution in [2.75, 3.05) is 26.2 Å². The Morgan fingerprint density at radius 1 is 1.13 bits per heavy atom. The van der Waals surface area contributed by atoms with E-state index in [1.54, 1.807) is 16.2 Å². The van der Waals surface area contributed by atoms with Crippen LogP contribution in [0.3, 0.4) is 0 Å². The van der Waals surface area contributed by atoms with Crippen LogP contribution < -0.4 is 5.32 Å². The number of carbonyl (C=O) groups excluding carboxylic acids is 2. The first-order chi connectivity index (χ1) is 14.7. The van der Waals surface area contributed by atoms with E-state index in [-0.39, 0.29) is 24.5 Å². The third-order valence-corrected chi connectivity index (χ3v) is 6.60. The fraction of sp³-hybridized carbons (Fsp3) is 0.500. The van der Waals surface area contributed by atoms with Gasteiger partial charge < -0.3 is 15.1 Å². The molecule has 3 rings (SSSR count). The van der Waals surface area contributed by atoms with Crippen LogP contribution in [0, 0.1) is 0 Å². The van der Waals surface area contributed by atoms with Crippen molar-refractivity contribution in [3.8, 4) is 0 Å². The zero-order chi connectivity index (χ0) is 21.3. The molecule has 1 aliphatic rings. The number of nitrogens with zero attached hydrogens (tertiary/aromatic N) is 2. The van der Waals surface area contributed by atoms with Gasteiger partial charge in [0.15, 0.2) is 0 Å². The molecule has 0 saturated heterocycles. The topological polar surface area (TPSA) is 52.7 Å². The number of carbonyl (C=O) groups is 2. The van der Waals surface area contributed by atoms with Gasteiger partial charge in [0.1, 0.15) is 6.54 Å². The molecule has 2 aromatic rings. The lowest BCUT2D eigenvalue weighted by Crippen LogP contribution is -2.49. The van der Waals surface area contributed by atoms with E-state index in [0.717, 1.165) is 37.7 Å². The van der Waals surface area contributed by atoms with Gasteiger partial charge in [-0.25, -0.2) is 4.79 Å². The Balaban J connectivity index is 1.77. The second kappa shape index (κ2) is 11.2. The van der Waals surface area contributed by atoms with Gasteiger partial charge in [0.05, 0.1) is 6.04 Å². The van der Waals surface area contributed by atoms with E-state index < -0.39 is 0 Å². The molecule has 1 N–H and O–H groups in total. The average Bonchev–Trinajstić information content (AvgIpc) is 3.25. The molecule has 0 saturated carbocycles. The molecule has 1 aromatic heterocycles. The molecule has 3 amide bonds. The molecule has 30 heavy (non-hydrogen) atoms. The van der Waals surface area contributed by atoms with Crippen molar-refractivity contribution >= 4 is 23.3 Å². The first-order valence-electron chi connectivity index (χ1n) is 11.1. The van der Waals surface area contributed by atoms with E-state index >= 15 is 0 Å². The van der Waals surface area contributed by atoms with E-state index in [9.17, 15) is 9.59 Å². The van der Waals surface area contributed by atoms with Gasteiger partial charge in [-0.05, 0) is 41.8 Å². The van der Waals surface area contributed by atoms with Crippen LogP contribution in [-0.2, 0) is 11.2 Å². The molecule has 162 valence electrons. The molecule has 2 heterocycles. The van der Waals surface area contributed by atoms with Crippen molar-refractivity contribution in [2.45, 2.75) is 52.0 Å². The first kappa shape index (κ1) is 22.3. The Morgan fingerprint density at radius 3 is 2.63 bits per heavy atom. The molecular formula is C24H33N3O2S. The molecule has 0 radical (unpaired) electrons. The number of unbranched alkanes of at least 4 members (excludes halogenated alkanes) is 2. The third-order valence-electron chi connectivity index (χ3n) is 5.60. The monoisotopic (exact) mass is 427 g/mol. The quantitative estimate of drug-likeness (QED) is 0.583. The maximum Gasteiger partial charge on any atom is 0.317 e. The first-order valence-corrected chi connectivity index (χ1v) is 12.0. The highest BCUT2D eigenvalue weighted by Crippen LogP contribution is 2.37. The molecule has 6 heteroatoms. The van der Waals surface area contributed by atoms with Crippen molar-refractivity contribution in [1.82, 2.24) is 15.1 Å². The summed E-state index contributed by atoms with van der Waals surface area (Å²) in [4.78, 5) is 31.1. The summed E-state index contributed by atoms with van der Waals surface area (Å²) in [5, 5.41) is 5.09. The van der Waals surface area contributed by atoms with Crippen LogP contribution in [0.25, 0.3) is 0 Å². The van der Waals surface area contributed by atoms with Crippen LogP contribution in [0.15, 0.2) is 41.8 Å². The number of fused-ring (bicyclic) bond motifs is 1. The second-order valence-electron chi connectivity index (χ2n) is 7.81. The van der Waals surface area contributed by atoms with E-state index in [0.29, 0.717) is 19.6 Å². The molecule has 0 unspecified atom stereocenters. The van der Waals surface area contributed by atoms with Crippen LogP contribution in [-0.4, -0.2) is 47.9 Å². The van der Waals surface area contributed by atoms with Gasteiger partial charge >= 0.3 is 6.03 Å². The number of hydrogen-bond donors (Lipinski definition) is 1. The zero-order valence-corrected chi connectivity index (χ0v) is 18.9. The lowest BCUT2D eigenvalue weighted by Gasteiger charge is -2.37. The van der Waals surface area contributed by atoms with Crippen LogP contribution >= 0.6 is 11.3 Å². The maximum atomic E-state index is 13.4. The minimum Gasteiger partial charge on any atom is -0.338 e. The molecule has 5 nitrogen and oxygen atoms in total. The minimum absolute atomic E-state index is 0.0162. The van der Waals surface area contributed by atoms with Crippen LogP contribution in [0.1, 0.15) is 61.6 Å². The Labute approximate surface area is 184 Å². The van der Waals surface area contributed by atoms with Crippen molar-refractivity contribution in [3.05, 3.63) is 57.8 Å². The molecule has 0 aliphatic carbocycles. The van der Waals surface area contributed by atoms with Gasteiger partial charge in [0.2, 0.25) is 5.91 Å². The number of amides is 3. The molecule has 0 fully saturated rings. The van der Waals surface area contributed by atoms with E-state index in [1.165, 1.54) is 10.4 Å². The lowest BCUT2D eigenvalue weighted by molar-refractivity contribution is -0.133. The van der Waals surface area contributed by atoms with Crippen LogP contribution in [0.2, 0.25) is 0 Å². The average molecular weight is 428 g/mol. The highest BCUT2D eigenvalue weighted by Gasteiger charge is 2.33. The largest absolute Gasteiger partial charge is 0.338 e. The summed E-state index contributed by atoms with van der Waals surface area (Å²) in [5.74, 6) is 0.0162. The summed E-state index contributed by atoms with van der Waals surface area (Å²) < 4.78 is 0. The summed E-state index contributed by atoms with van der Waals surface area (Å²) in [6, 6.07) is 12.2. The Hall–Kier alpha value is -2.34.